The van der Waals surface area contributed by atoms with Crippen molar-refractivity contribution in [2.24, 2.45) is 0 Å². The van der Waals surface area contributed by atoms with E-state index in [1.807, 2.05) is 43.6 Å². The molecule has 0 spiro atoms. The Labute approximate surface area is 126 Å². The molecule has 1 aromatic heterocycles. The molecule has 1 aromatic carbocycles. The zero-order chi connectivity index (χ0) is 14.9. The molecule has 1 N–H and O–H groups in total. The zero-order valence-electron chi connectivity index (χ0n) is 12.6. The van der Waals surface area contributed by atoms with Crippen molar-refractivity contribution in [1.29, 1.82) is 0 Å². The molecule has 4 heteroatoms. The van der Waals surface area contributed by atoms with E-state index in [-0.39, 0.29) is 0 Å². The largest absolute Gasteiger partial charge is 0.493 e. The fourth-order valence-corrected chi connectivity index (χ4v) is 1.96. The molecule has 112 valence electrons. The maximum Gasteiger partial charge on any atom is 0.127 e. The summed E-state index contributed by atoms with van der Waals surface area (Å²) in [5.74, 6) is 1.69. The third-order valence-electron chi connectivity index (χ3n) is 3.00. The second kappa shape index (κ2) is 8.27. The Morgan fingerprint density at radius 1 is 1.19 bits per heavy atom. The van der Waals surface area contributed by atoms with Gasteiger partial charge in [-0.15, -0.1) is 0 Å². The Kier molecular flexibility index (Phi) is 6.03. The molecule has 0 saturated heterocycles. The lowest BCUT2D eigenvalue weighted by Crippen LogP contribution is -2.08. The van der Waals surface area contributed by atoms with Crippen molar-refractivity contribution < 1.29 is 9.47 Å². The van der Waals surface area contributed by atoms with Crippen molar-refractivity contribution in [1.82, 2.24) is 10.3 Å². The molecule has 0 saturated carbocycles. The summed E-state index contributed by atoms with van der Waals surface area (Å²) in [7, 11) is 1.92. The molecule has 0 amide bonds. The summed E-state index contributed by atoms with van der Waals surface area (Å²) in [6.45, 7) is 4.07. The summed E-state index contributed by atoms with van der Waals surface area (Å²) in [5, 5.41) is 3.15. The van der Waals surface area contributed by atoms with Crippen molar-refractivity contribution in [3.05, 3.63) is 53.9 Å². The van der Waals surface area contributed by atoms with E-state index < -0.39 is 0 Å². The molecule has 0 fully saturated rings. The number of hydrogen-bond acceptors (Lipinski definition) is 4. The highest BCUT2D eigenvalue weighted by Crippen LogP contribution is 2.26. The van der Waals surface area contributed by atoms with Crippen molar-refractivity contribution in [3.63, 3.8) is 0 Å². The Bertz CT molecular complexity index is 544. The molecule has 4 nitrogen and oxygen atoms in total. The predicted molar refractivity (Wildman–Crippen MR) is 83.6 cm³/mol. The van der Waals surface area contributed by atoms with Gasteiger partial charge in [0.05, 0.1) is 6.61 Å². The Morgan fingerprint density at radius 2 is 2.10 bits per heavy atom. The molecule has 0 bridgehead atoms. The Balaban J connectivity index is 2.09. The highest BCUT2D eigenvalue weighted by molar-refractivity contribution is 5.41. The van der Waals surface area contributed by atoms with E-state index in [1.165, 1.54) is 0 Å². The van der Waals surface area contributed by atoms with Crippen LogP contribution < -0.4 is 14.8 Å². The minimum absolute atomic E-state index is 0.502. The summed E-state index contributed by atoms with van der Waals surface area (Å²) in [4.78, 5) is 4.10. The maximum absolute atomic E-state index is 5.94. The Morgan fingerprint density at radius 3 is 2.81 bits per heavy atom. The quantitative estimate of drug-likeness (QED) is 0.809. The zero-order valence-corrected chi connectivity index (χ0v) is 12.6. The average molecular weight is 286 g/mol. The highest BCUT2D eigenvalue weighted by Gasteiger charge is 2.06. The molecule has 21 heavy (non-hydrogen) atoms. The molecule has 0 aliphatic carbocycles. The molecule has 0 atom stereocenters. The average Bonchev–Trinajstić information content (AvgIpc) is 2.53. The third-order valence-corrected chi connectivity index (χ3v) is 3.00. The molecule has 0 radical (unpaired) electrons. The summed E-state index contributed by atoms with van der Waals surface area (Å²) in [5.41, 5.74) is 2.16. The van der Waals surface area contributed by atoms with Crippen LogP contribution in [0.3, 0.4) is 0 Å². The topological polar surface area (TPSA) is 43.4 Å². The van der Waals surface area contributed by atoms with Gasteiger partial charge in [-0.05, 0) is 25.6 Å². The van der Waals surface area contributed by atoms with Crippen LogP contribution in [-0.2, 0) is 13.2 Å². The van der Waals surface area contributed by atoms with Crippen LogP contribution in [0.1, 0.15) is 24.5 Å². The van der Waals surface area contributed by atoms with Crippen LogP contribution in [0.25, 0.3) is 0 Å². The number of nitrogens with one attached hydrogen (secondary N) is 1. The Hall–Kier alpha value is -2.07. The van der Waals surface area contributed by atoms with E-state index in [1.54, 1.807) is 6.20 Å². The lowest BCUT2D eigenvalue weighted by atomic mass is 10.2. The van der Waals surface area contributed by atoms with Crippen molar-refractivity contribution in [3.8, 4) is 11.5 Å². The van der Waals surface area contributed by atoms with E-state index in [9.17, 15) is 0 Å². The van der Waals surface area contributed by atoms with Crippen LogP contribution in [0.2, 0.25) is 0 Å². The second-order valence-electron chi connectivity index (χ2n) is 4.80. The van der Waals surface area contributed by atoms with Gasteiger partial charge in [0.15, 0.2) is 0 Å². The predicted octanol–water partition coefficient (Wildman–Crippen LogP) is 3.17. The van der Waals surface area contributed by atoms with E-state index in [4.69, 9.17) is 9.47 Å². The van der Waals surface area contributed by atoms with Crippen LogP contribution >= 0.6 is 0 Å². The lowest BCUT2D eigenvalue weighted by Gasteiger charge is -2.13. The first-order valence-electron chi connectivity index (χ1n) is 7.25. The van der Waals surface area contributed by atoms with E-state index in [0.29, 0.717) is 13.2 Å². The van der Waals surface area contributed by atoms with Crippen LogP contribution in [0.5, 0.6) is 11.5 Å². The second-order valence-corrected chi connectivity index (χ2v) is 4.80. The number of aromatic nitrogens is 1. The molecular formula is C17H22N2O2. The number of rotatable bonds is 8. The van der Waals surface area contributed by atoms with Crippen LogP contribution in [-0.4, -0.2) is 18.6 Å². The first-order chi connectivity index (χ1) is 10.3. The van der Waals surface area contributed by atoms with E-state index in [0.717, 1.165) is 35.6 Å². The molecule has 0 aliphatic rings. The normalized spacial score (nSPS) is 10.4. The fourth-order valence-electron chi connectivity index (χ4n) is 1.96. The van der Waals surface area contributed by atoms with Gasteiger partial charge >= 0.3 is 0 Å². The maximum atomic E-state index is 5.94. The number of benzene rings is 1. The number of ether oxygens (including phenoxy) is 2. The van der Waals surface area contributed by atoms with Gasteiger partial charge in [-0.1, -0.05) is 19.1 Å². The molecule has 0 unspecified atom stereocenters. The summed E-state index contributed by atoms with van der Waals surface area (Å²) >= 11 is 0. The molecule has 1 heterocycles. The standard InChI is InChI=1S/C17H22N2O2/c1-3-9-20-16-7-6-15(12-18-2)17(10-16)21-13-14-5-4-8-19-11-14/h4-8,10-11,18H,3,9,12-13H2,1-2H3. The summed E-state index contributed by atoms with van der Waals surface area (Å²) < 4.78 is 11.6. The van der Waals surface area contributed by atoms with Gasteiger partial charge < -0.3 is 14.8 Å². The van der Waals surface area contributed by atoms with Crippen LogP contribution in [0, 0.1) is 0 Å². The highest BCUT2D eigenvalue weighted by atomic mass is 16.5. The van der Waals surface area contributed by atoms with Gasteiger partial charge in [0.2, 0.25) is 0 Å². The van der Waals surface area contributed by atoms with Gasteiger partial charge in [-0.2, -0.15) is 0 Å². The number of nitrogens with zero attached hydrogens (tertiary/aromatic N) is 1. The van der Waals surface area contributed by atoms with Crippen molar-refractivity contribution >= 4 is 0 Å². The van der Waals surface area contributed by atoms with Gasteiger partial charge in [0, 0.05) is 36.1 Å². The lowest BCUT2D eigenvalue weighted by molar-refractivity contribution is 0.291. The first kappa shape index (κ1) is 15.3. The van der Waals surface area contributed by atoms with Crippen LogP contribution in [0.4, 0.5) is 0 Å². The van der Waals surface area contributed by atoms with Crippen LogP contribution in [0.15, 0.2) is 42.7 Å². The monoisotopic (exact) mass is 286 g/mol. The molecule has 0 aliphatic heterocycles. The molecule has 2 aromatic rings. The third kappa shape index (κ3) is 4.76. The van der Waals surface area contributed by atoms with E-state index >= 15 is 0 Å². The number of pyridine rings is 1. The van der Waals surface area contributed by atoms with E-state index in [2.05, 4.69) is 17.2 Å². The van der Waals surface area contributed by atoms with Gasteiger partial charge in [-0.3, -0.25) is 4.98 Å². The summed E-state index contributed by atoms with van der Waals surface area (Å²) in [6, 6.07) is 9.90. The minimum atomic E-state index is 0.502. The SMILES string of the molecule is CCCOc1ccc(CNC)c(OCc2cccnc2)c1. The van der Waals surface area contributed by atoms with Gasteiger partial charge in [-0.25, -0.2) is 0 Å². The smallest absolute Gasteiger partial charge is 0.127 e. The fraction of sp³-hybridized carbons (Fsp3) is 0.353. The number of hydrogen-bond donors (Lipinski definition) is 1. The molecule has 2 rings (SSSR count). The van der Waals surface area contributed by atoms with Gasteiger partial charge in [0.1, 0.15) is 18.1 Å². The minimum Gasteiger partial charge on any atom is -0.493 e. The van der Waals surface area contributed by atoms with Crippen molar-refractivity contribution in [2.45, 2.75) is 26.5 Å². The van der Waals surface area contributed by atoms with Gasteiger partial charge in [0.25, 0.3) is 0 Å². The molecular weight excluding hydrogens is 264 g/mol. The summed E-state index contributed by atoms with van der Waals surface area (Å²) in [6.07, 6.45) is 4.56. The van der Waals surface area contributed by atoms with Crippen molar-refractivity contribution in [2.75, 3.05) is 13.7 Å². The first-order valence-corrected chi connectivity index (χ1v) is 7.25.